The largest absolute Gasteiger partial charge is 0.326 e. The van der Waals surface area contributed by atoms with E-state index in [4.69, 9.17) is 0 Å². The fourth-order valence-electron chi connectivity index (χ4n) is 2.99. The van der Waals surface area contributed by atoms with Crippen LogP contribution in [0.15, 0.2) is 47.6 Å². The molecule has 0 aliphatic carbocycles. The number of nitrogens with zero attached hydrogens (tertiary/aromatic N) is 3. The van der Waals surface area contributed by atoms with Crippen LogP contribution in [0.25, 0.3) is 0 Å². The number of nitrogens with one attached hydrogen (secondary N) is 2. The summed E-state index contributed by atoms with van der Waals surface area (Å²) < 4.78 is 15.5. The minimum atomic E-state index is -0.491. The SMILES string of the molecule is CC[C@H](Sc1nnc(CC(=O)Nc2ccc(C)c(C)c2)n1C)C(=O)Nc1ccccc1F. The summed E-state index contributed by atoms with van der Waals surface area (Å²) in [7, 11) is 1.75. The van der Waals surface area contributed by atoms with Gasteiger partial charge in [-0.25, -0.2) is 4.39 Å². The third kappa shape index (κ3) is 5.73. The van der Waals surface area contributed by atoms with Gasteiger partial charge in [0.25, 0.3) is 0 Å². The number of aromatic nitrogens is 3. The Hall–Kier alpha value is -3.20. The van der Waals surface area contributed by atoms with E-state index in [2.05, 4.69) is 20.8 Å². The standard InChI is InChI=1S/C23H26FN5O2S/c1-5-19(22(31)26-18-9-7-6-8-17(18)24)32-23-28-27-20(29(23)4)13-21(30)25-16-11-10-14(2)15(3)12-16/h6-12,19H,5,13H2,1-4H3,(H,25,30)(H,26,31)/t19-/m0/s1. The fraction of sp³-hybridized carbons (Fsp3) is 0.304. The van der Waals surface area contributed by atoms with E-state index in [0.717, 1.165) is 16.8 Å². The molecular formula is C23H26FN5O2S. The highest BCUT2D eigenvalue weighted by Crippen LogP contribution is 2.26. The maximum Gasteiger partial charge on any atom is 0.238 e. The average Bonchev–Trinajstić information content (AvgIpc) is 3.09. The van der Waals surface area contributed by atoms with Gasteiger partial charge in [0.2, 0.25) is 11.8 Å². The van der Waals surface area contributed by atoms with Crippen molar-refractivity contribution in [3.63, 3.8) is 0 Å². The van der Waals surface area contributed by atoms with Crippen molar-refractivity contribution in [3.05, 3.63) is 65.2 Å². The molecule has 2 aromatic carbocycles. The van der Waals surface area contributed by atoms with Gasteiger partial charge in [0.15, 0.2) is 5.16 Å². The van der Waals surface area contributed by atoms with Gasteiger partial charge in [-0.15, -0.1) is 10.2 Å². The monoisotopic (exact) mass is 455 g/mol. The molecule has 0 saturated heterocycles. The van der Waals surface area contributed by atoms with E-state index in [1.807, 2.05) is 39.0 Å². The Morgan fingerprint density at radius 2 is 1.84 bits per heavy atom. The van der Waals surface area contributed by atoms with Crippen LogP contribution in [0.2, 0.25) is 0 Å². The molecule has 168 valence electrons. The highest BCUT2D eigenvalue weighted by molar-refractivity contribution is 8.00. The molecule has 0 saturated carbocycles. The predicted octanol–water partition coefficient (Wildman–Crippen LogP) is 4.26. The summed E-state index contributed by atoms with van der Waals surface area (Å²) in [5.41, 5.74) is 3.12. The van der Waals surface area contributed by atoms with Gasteiger partial charge in [0, 0.05) is 12.7 Å². The lowest BCUT2D eigenvalue weighted by atomic mass is 10.1. The zero-order valence-electron chi connectivity index (χ0n) is 18.5. The second-order valence-corrected chi connectivity index (χ2v) is 8.64. The topological polar surface area (TPSA) is 88.9 Å². The van der Waals surface area contributed by atoms with Gasteiger partial charge in [-0.3, -0.25) is 9.59 Å². The number of rotatable bonds is 8. The number of hydrogen-bond donors (Lipinski definition) is 2. The summed E-state index contributed by atoms with van der Waals surface area (Å²) in [6.45, 7) is 5.87. The lowest BCUT2D eigenvalue weighted by Gasteiger charge is -2.14. The molecule has 2 amide bonds. The number of carbonyl (C=O) groups is 2. The molecular weight excluding hydrogens is 429 g/mol. The number of benzene rings is 2. The van der Waals surface area contributed by atoms with E-state index >= 15 is 0 Å². The van der Waals surface area contributed by atoms with E-state index < -0.39 is 11.1 Å². The van der Waals surface area contributed by atoms with E-state index in [9.17, 15) is 14.0 Å². The number of aryl methyl sites for hydroxylation is 2. The molecule has 0 fully saturated rings. The number of anilines is 2. The third-order valence-corrected chi connectivity index (χ3v) is 6.48. The molecule has 2 N–H and O–H groups in total. The Bertz CT molecular complexity index is 1130. The van der Waals surface area contributed by atoms with Crippen molar-refractivity contribution in [2.45, 2.75) is 44.0 Å². The molecule has 0 bridgehead atoms. The van der Waals surface area contributed by atoms with Gasteiger partial charge in [-0.05, 0) is 55.7 Å². The summed E-state index contributed by atoms with van der Waals surface area (Å²) in [5.74, 6) is -0.529. The molecule has 3 aromatic rings. The maximum atomic E-state index is 13.8. The molecule has 0 spiro atoms. The number of para-hydroxylation sites is 1. The lowest BCUT2D eigenvalue weighted by Crippen LogP contribution is -2.25. The molecule has 9 heteroatoms. The third-order valence-electron chi connectivity index (χ3n) is 5.08. The van der Waals surface area contributed by atoms with Gasteiger partial charge in [0.1, 0.15) is 11.6 Å². The number of thioether (sulfide) groups is 1. The van der Waals surface area contributed by atoms with E-state index in [1.54, 1.807) is 23.7 Å². The highest BCUT2D eigenvalue weighted by Gasteiger charge is 2.23. The number of hydrogen-bond acceptors (Lipinski definition) is 5. The maximum absolute atomic E-state index is 13.8. The Balaban J connectivity index is 1.63. The minimum absolute atomic E-state index is 0.0508. The van der Waals surface area contributed by atoms with Crippen molar-refractivity contribution in [1.29, 1.82) is 0 Å². The summed E-state index contributed by atoms with van der Waals surface area (Å²) >= 11 is 1.23. The minimum Gasteiger partial charge on any atom is -0.326 e. The molecule has 1 heterocycles. The summed E-state index contributed by atoms with van der Waals surface area (Å²) in [4.78, 5) is 25.1. The van der Waals surface area contributed by atoms with Gasteiger partial charge in [-0.1, -0.05) is 36.9 Å². The van der Waals surface area contributed by atoms with Crippen molar-refractivity contribution in [2.75, 3.05) is 10.6 Å². The van der Waals surface area contributed by atoms with Crippen LogP contribution in [0.5, 0.6) is 0 Å². The van der Waals surface area contributed by atoms with Gasteiger partial charge < -0.3 is 15.2 Å². The summed E-state index contributed by atoms with van der Waals surface area (Å²) in [6.07, 6.45) is 0.565. The quantitative estimate of drug-likeness (QED) is 0.496. The van der Waals surface area contributed by atoms with Gasteiger partial charge in [-0.2, -0.15) is 0 Å². The predicted molar refractivity (Wildman–Crippen MR) is 124 cm³/mol. The summed E-state index contributed by atoms with van der Waals surface area (Å²) in [5, 5.41) is 13.8. The Morgan fingerprint density at radius 1 is 1.09 bits per heavy atom. The molecule has 1 atom stereocenters. The van der Waals surface area contributed by atoms with Crippen LogP contribution >= 0.6 is 11.8 Å². The Morgan fingerprint density at radius 3 is 2.53 bits per heavy atom. The van der Waals surface area contributed by atoms with Crippen LogP contribution < -0.4 is 10.6 Å². The molecule has 0 radical (unpaired) electrons. The van der Waals surface area contributed by atoms with Crippen molar-refractivity contribution in [2.24, 2.45) is 7.05 Å². The first-order valence-electron chi connectivity index (χ1n) is 10.3. The molecule has 32 heavy (non-hydrogen) atoms. The molecule has 0 aliphatic rings. The van der Waals surface area contributed by atoms with Gasteiger partial charge >= 0.3 is 0 Å². The van der Waals surface area contributed by atoms with E-state index in [0.29, 0.717) is 17.4 Å². The van der Waals surface area contributed by atoms with Gasteiger partial charge in [0.05, 0.1) is 17.4 Å². The number of halogens is 1. The first-order chi connectivity index (χ1) is 15.3. The lowest BCUT2D eigenvalue weighted by molar-refractivity contribution is -0.116. The molecule has 7 nitrogen and oxygen atoms in total. The Labute approximate surface area is 190 Å². The van der Waals surface area contributed by atoms with Crippen molar-refractivity contribution in [3.8, 4) is 0 Å². The normalized spacial score (nSPS) is 11.8. The van der Waals surface area contributed by atoms with Crippen LogP contribution in [-0.4, -0.2) is 31.8 Å². The van der Waals surface area contributed by atoms with Crippen molar-refractivity contribution < 1.29 is 14.0 Å². The van der Waals surface area contributed by atoms with Crippen LogP contribution in [0, 0.1) is 19.7 Å². The van der Waals surface area contributed by atoms with E-state index in [1.165, 1.54) is 23.9 Å². The molecule has 0 unspecified atom stereocenters. The first kappa shape index (κ1) is 23.5. The number of carbonyl (C=O) groups excluding carboxylic acids is 2. The van der Waals surface area contributed by atoms with Crippen LogP contribution in [0.1, 0.15) is 30.3 Å². The van der Waals surface area contributed by atoms with E-state index in [-0.39, 0.29) is 23.9 Å². The zero-order valence-corrected chi connectivity index (χ0v) is 19.3. The van der Waals surface area contributed by atoms with Crippen molar-refractivity contribution in [1.82, 2.24) is 14.8 Å². The first-order valence-corrected chi connectivity index (χ1v) is 11.1. The highest BCUT2D eigenvalue weighted by atomic mass is 32.2. The molecule has 0 aliphatic heterocycles. The number of amides is 2. The van der Waals surface area contributed by atoms with Crippen LogP contribution in [0.4, 0.5) is 15.8 Å². The van der Waals surface area contributed by atoms with Crippen molar-refractivity contribution >= 4 is 35.0 Å². The molecule has 3 rings (SSSR count). The fourth-order valence-corrected chi connectivity index (χ4v) is 3.93. The second-order valence-electron chi connectivity index (χ2n) is 7.47. The second kappa shape index (κ2) is 10.4. The average molecular weight is 456 g/mol. The Kier molecular flexibility index (Phi) is 7.63. The van der Waals surface area contributed by atoms with Crippen LogP contribution in [-0.2, 0) is 23.1 Å². The summed E-state index contributed by atoms with van der Waals surface area (Å²) in [6, 6.07) is 11.8. The van der Waals surface area contributed by atoms with Crippen LogP contribution in [0.3, 0.4) is 0 Å². The molecule has 1 aromatic heterocycles. The zero-order chi connectivity index (χ0) is 23.3. The smallest absolute Gasteiger partial charge is 0.238 e.